The molecule has 2 N–H and O–H groups in total. The maximum atomic E-state index is 13.6. The summed E-state index contributed by atoms with van der Waals surface area (Å²) in [5.74, 6) is -1.18. The lowest BCUT2D eigenvalue weighted by atomic mass is 10.0. The van der Waals surface area contributed by atoms with Gasteiger partial charge in [-0.2, -0.15) is 0 Å². The fourth-order valence-corrected chi connectivity index (χ4v) is 1.75. The Balaban J connectivity index is 2.57. The van der Waals surface area contributed by atoms with Crippen molar-refractivity contribution in [1.29, 1.82) is 0 Å². The number of ether oxygens (including phenoxy) is 1. The number of nitrogens with one attached hydrogen (secondary N) is 1. The topological polar surface area (TPSA) is 41.5 Å². The molecule has 0 radical (unpaired) electrons. The van der Waals surface area contributed by atoms with E-state index in [0.717, 1.165) is 6.07 Å². The molecule has 0 bridgehead atoms. The maximum absolute atomic E-state index is 13.6. The predicted molar refractivity (Wildman–Crippen MR) is 69.9 cm³/mol. The van der Waals surface area contributed by atoms with E-state index in [1.807, 2.05) is 0 Å². The molecule has 0 heterocycles. The quantitative estimate of drug-likeness (QED) is 0.801. The molecule has 0 saturated heterocycles. The molecule has 0 spiro atoms. The van der Waals surface area contributed by atoms with E-state index in [1.165, 1.54) is 12.1 Å². The summed E-state index contributed by atoms with van der Waals surface area (Å²) in [6.07, 6.45) is 0.481. The number of hydrogen-bond donors (Lipinski definition) is 2. The summed E-state index contributed by atoms with van der Waals surface area (Å²) in [6, 6.07) is 3.18. The van der Waals surface area contributed by atoms with Gasteiger partial charge in [-0.1, -0.05) is 6.07 Å². The van der Waals surface area contributed by atoms with E-state index in [0.29, 0.717) is 25.1 Å². The molecule has 0 fully saturated rings. The lowest BCUT2D eigenvalue weighted by Gasteiger charge is -2.26. The smallest absolute Gasteiger partial charge is 0.130 e. The van der Waals surface area contributed by atoms with Crippen LogP contribution in [0.4, 0.5) is 8.78 Å². The van der Waals surface area contributed by atoms with Crippen LogP contribution in [-0.4, -0.2) is 31.0 Å². The summed E-state index contributed by atoms with van der Waals surface area (Å²) in [5.41, 5.74) is -0.551. The lowest BCUT2D eigenvalue weighted by Crippen LogP contribution is -2.39. The van der Waals surface area contributed by atoms with E-state index >= 15 is 0 Å². The summed E-state index contributed by atoms with van der Waals surface area (Å²) in [6.45, 7) is 4.21. The second-order valence-electron chi connectivity index (χ2n) is 5.01. The standard InChI is InChI=1S/C14H21F2NO2/c1-10(12-5-4-11(15)8-13(12)16)17-9-14(2,18)6-7-19-3/h4-5,8,10,17-18H,6-7,9H2,1-3H3. The number of hydrogen-bond acceptors (Lipinski definition) is 3. The van der Waals surface area contributed by atoms with Crippen molar-refractivity contribution < 1.29 is 18.6 Å². The highest BCUT2D eigenvalue weighted by atomic mass is 19.1. The van der Waals surface area contributed by atoms with Gasteiger partial charge in [0.15, 0.2) is 0 Å². The Morgan fingerprint density at radius 2 is 2.11 bits per heavy atom. The van der Waals surface area contributed by atoms with Crippen molar-refractivity contribution in [3.63, 3.8) is 0 Å². The van der Waals surface area contributed by atoms with Gasteiger partial charge in [0.1, 0.15) is 11.6 Å². The Kier molecular flexibility index (Phi) is 5.85. The molecule has 2 atom stereocenters. The molecule has 0 aliphatic heterocycles. The zero-order valence-electron chi connectivity index (χ0n) is 11.5. The third kappa shape index (κ3) is 5.22. The van der Waals surface area contributed by atoms with Gasteiger partial charge >= 0.3 is 0 Å². The normalized spacial score (nSPS) is 16.1. The van der Waals surface area contributed by atoms with Gasteiger partial charge in [-0.15, -0.1) is 0 Å². The Labute approximate surface area is 112 Å². The van der Waals surface area contributed by atoms with E-state index in [4.69, 9.17) is 4.74 Å². The fourth-order valence-electron chi connectivity index (χ4n) is 1.75. The van der Waals surface area contributed by atoms with Crippen LogP contribution in [0.2, 0.25) is 0 Å². The van der Waals surface area contributed by atoms with Crippen molar-refractivity contribution in [2.45, 2.75) is 31.9 Å². The first kappa shape index (κ1) is 16.0. The summed E-state index contributed by atoms with van der Waals surface area (Å²) >= 11 is 0. The van der Waals surface area contributed by atoms with Crippen LogP contribution in [0.3, 0.4) is 0 Å². The monoisotopic (exact) mass is 273 g/mol. The van der Waals surface area contributed by atoms with Crippen molar-refractivity contribution in [3.05, 3.63) is 35.4 Å². The van der Waals surface area contributed by atoms with Gasteiger partial charge in [-0.05, 0) is 19.9 Å². The second kappa shape index (κ2) is 6.93. The molecular formula is C14H21F2NO2. The van der Waals surface area contributed by atoms with Gasteiger partial charge in [-0.3, -0.25) is 0 Å². The summed E-state index contributed by atoms with van der Waals surface area (Å²) in [4.78, 5) is 0. The van der Waals surface area contributed by atoms with Gasteiger partial charge < -0.3 is 15.2 Å². The van der Waals surface area contributed by atoms with Gasteiger partial charge in [0.05, 0.1) is 5.60 Å². The first-order valence-corrected chi connectivity index (χ1v) is 6.25. The highest BCUT2D eigenvalue weighted by Gasteiger charge is 2.21. The zero-order valence-corrected chi connectivity index (χ0v) is 11.5. The van der Waals surface area contributed by atoms with Crippen LogP contribution in [0.5, 0.6) is 0 Å². The Morgan fingerprint density at radius 3 is 2.68 bits per heavy atom. The zero-order chi connectivity index (χ0) is 14.5. The van der Waals surface area contributed by atoms with Crippen molar-refractivity contribution in [2.24, 2.45) is 0 Å². The number of rotatable bonds is 7. The summed E-state index contributed by atoms with van der Waals surface area (Å²) in [5, 5.41) is 13.1. The average Bonchev–Trinajstić information content (AvgIpc) is 2.34. The molecule has 108 valence electrons. The average molecular weight is 273 g/mol. The lowest BCUT2D eigenvalue weighted by molar-refractivity contribution is 0.0230. The molecule has 3 nitrogen and oxygen atoms in total. The highest BCUT2D eigenvalue weighted by molar-refractivity contribution is 5.21. The molecule has 0 aliphatic rings. The number of benzene rings is 1. The van der Waals surface area contributed by atoms with Crippen molar-refractivity contribution in [1.82, 2.24) is 5.32 Å². The number of halogens is 2. The van der Waals surface area contributed by atoms with Crippen molar-refractivity contribution in [2.75, 3.05) is 20.3 Å². The molecule has 5 heteroatoms. The third-order valence-electron chi connectivity index (χ3n) is 3.06. The molecule has 0 amide bonds. The van der Waals surface area contributed by atoms with Crippen LogP contribution >= 0.6 is 0 Å². The summed E-state index contributed by atoms with van der Waals surface area (Å²) < 4.78 is 31.3. The Morgan fingerprint density at radius 1 is 1.42 bits per heavy atom. The van der Waals surface area contributed by atoms with E-state index in [1.54, 1.807) is 21.0 Å². The van der Waals surface area contributed by atoms with E-state index in [2.05, 4.69) is 5.32 Å². The number of methoxy groups -OCH3 is 1. The third-order valence-corrected chi connectivity index (χ3v) is 3.06. The van der Waals surface area contributed by atoms with E-state index in [-0.39, 0.29) is 6.04 Å². The van der Waals surface area contributed by atoms with Gasteiger partial charge in [-0.25, -0.2) is 8.78 Å². The fraction of sp³-hybridized carbons (Fsp3) is 0.571. The van der Waals surface area contributed by atoms with E-state index in [9.17, 15) is 13.9 Å². The van der Waals surface area contributed by atoms with Gasteiger partial charge in [0.25, 0.3) is 0 Å². The Bertz CT molecular complexity index is 410. The van der Waals surface area contributed by atoms with Crippen LogP contribution in [0.25, 0.3) is 0 Å². The predicted octanol–water partition coefficient (Wildman–Crippen LogP) is 2.40. The van der Waals surface area contributed by atoms with E-state index < -0.39 is 17.2 Å². The second-order valence-corrected chi connectivity index (χ2v) is 5.01. The largest absolute Gasteiger partial charge is 0.389 e. The highest BCUT2D eigenvalue weighted by Crippen LogP contribution is 2.18. The molecule has 0 saturated carbocycles. The molecule has 0 aromatic heterocycles. The van der Waals surface area contributed by atoms with Gasteiger partial charge in [0.2, 0.25) is 0 Å². The molecule has 1 aromatic rings. The molecular weight excluding hydrogens is 252 g/mol. The minimum absolute atomic E-state index is 0.300. The SMILES string of the molecule is COCCC(C)(O)CNC(C)c1ccc(F)cc1F. The van der Waals surface area contributed by atoms with Crippen molar-refractivity contribution in [3.8, 4) is 0 Å². The first-order chi connectivity index (χ1) is 8.85. The molecule has 2 unspecified atom stereocenters. The molecule has 1 aromatic carbocycles. The van der Waals surface area contributed by atoms with Crippen LogP contribution in [0, 0.1) is 11.6 Å². The number of aliphatic hydroxyl groups is 1. The minimum Gasteiger partial charge on any atom is -0.389 e. The molecule has 19 heavy (non-hydrogen) atoms. The molecule has 0 aliphatic carbocycles. The van der Waals surface area contributed by atoms with Crippen LogP contribution in [0.15, 0.2) is 18.2 Å². The van der Waals surface area contributed by atoms with Crippen LogP contribution in [-0.2, 0) is 4.74 Å². The van der Waals surface area contributed by atoms with Gasteiger partial charge in [0, 0.05) is 44.4 Å². The van der Waals surface area contributed by atoms with Crippen molar-refractivity contribution >= 4 is 0 Å². The Hall–Kier alpha value is -1.04. The first-order valence-electron chi connectivity index (χ1n) is 6.25. The van der Waals surface area contributed by atoms with Crippen LogP contribution in [0.1, 0.15) is 31.9 Å². The maximum Gasteiger partial charge on any atom is 0.130 e. The minimum atomic E-state index is -0.930. The molecule has 1 rings (SSSR count). The summed E-state index contributed by atoms with van der Waals surface area (Å²) in [7, 11) is 1.57. The van der Waals surface area contributed by atoms with Crippen LogP contribution < -0.4 is 5.32 Å².